The van der Waals surface area contributed by atoms with Gasteiger partial charge in [0.05, 0.1) is 15.8 Å². The van der Waals surface area contributed by atoms with Crippen molar-refractivity contribution in [2.75, 3.05) is 5.32 Å². The summed E-state index contributed by atoms with van der Waals surface area (Å²) in [6.45, 7) is 0.807. The molecule has 0 saturated carbocycles. The summed E-state index contributed by atoms with van der Waals surface area (Å²) in [5, 5.41) is 4.51. The van der Waals surface area contributed by atoms with E-state index in [2.05, 4.69) is 50.5 Å². The van der Waals surface area contributed by atoms with Gasteiger partial charge in [0.25, 0.3) is 0 Å². The van der Waals surface area contributed by atoms with Gasteiger partial charge in [-0.3, -0.25) is 0 Å². The summed E-state index contributed by atoms with van der Waals surface area (Å²) in [4.78, 5) is 5.87. The van der Waals surface area contributed by atoms with E-state index in [1.807, 2.05) is 24.3 Å². The van der Waals surface area contributed by atoms with Gasteiger partial charge in [-0.25, -0.2) is 4.98 Å². The molecule has 0 bridgehead atoms. The molecule has 3 aromatic rings. The highest BCUT2D eigenvalue weighted by atomic mass is 79.9. The number of fused-ring (bicyclic) bond motifs is 1. The third kappa shape index (κ3) is 2.54. The maximum atomic E-state index is 4.58. The maximum Gasteiger partial charge on any atom is 0.126 e. The van der Waals surface area contributed by atoms with Crippen LogP contribution >= 0.6 is 27.3 Å². The van der Waals surface area contributed by atoms with Gasteiger partial charge in [-0.15, -0.1) is 11.3 Å². The third-order valence-corrected chi connectivity index (χ3v) is 4.29. The van der Waals surface area contributed by atoms with Crippen LogP contribution in [0.5, 0.6) is 0 Å². The highest BCUT2D eigenvalue weighted by Crippen LogP contribution is 2.23. The SMILES string of the molecule is Brc1ccc(CNc2ccc3ccccc3n2)s1. The maximum absolute atomic E-state index is 4.58. The van der Waals surface area contributed by atoms with Crippen LogP contribution in [0.15, 0.2) is 52.3 Å². The lowest BCUT2D eigenvalue weighted by Crippen LogP contribution is -1.99. The first-order chi connectivity index (χ1) is 8.81. The summed E-state index contributed by atoms with van der Waals surface area (Å²) < 4.78 is 1.16. The second-order valence-corrected chi connectivity index (χ2v) is 6.50. The van der Waals surface area contributed by atoms with Crippen molar-refractivity contribution in [1.82, 2.24) is 4.98 Å². The van der Waals surface area contributed by atoms with E-state index in [0.717, 1.165) is 21.7 Å². The van der Waals surface area contributed by atoms with Gasteiger partial charge in [0.15, 0.2) is 0 Å². The topological polar surface area (TPSA) is 24.9 Å². The van der Waals surface area contributed by atoms with E-state index in [9.17, 15) is 0 Å². The summed E-state index contributed by atoms with van der Waals surface area (Å²) in [5.41, 5.74) is 1.02. The standard InChI is InChI=1S/C14H11BrN2S/c15-13-7-6-11(18-13)9-16-14-8-5-10-3-1-2-4-12(10)17-14/h1-8H,9H2,(H,16,17). The van der Waals surface area contributed by atoms with Crippen LogP contribution in [0.3, 0.4) is 0 Å². The highest BCUT2D eigenvalue weighted by Gasteiger charge is 2.00. The van der Waals surface area contributed by atoms with Gasteiger partial charge >= 0.3 is 0 Å². The Balaban J connectivity index is 1.78. The normalized spacial score (nSPS) is 10.7. The van der Waals surface area contributed by atoms with E-state index in [0.29, 0.717) is 0 Å². The fourth-order valence-electron chi connectivity index (χ4n) is 1.79. The Bertz CT molecular complexity index is 678. The van der Waals surface area contributed by atoms with Crippen molar-refractivity contribution in [2.24, 2.45) is 0 Å². The lowest BCUT2D eigenvalue weighted by molar-refractivity contribution is 1.16. The molecule has 4 heteroatoms. The number of nitrogens with one attached hydrogen (secondary N) is 1. The molecular weight excluding hydrogens is 308 g/mol. The monoisotopic (exact) mass is 318 g/mol. The Labute approximate surface area is 118 Å². The van der Waals surface area contributed by atoms with E-state index in [-0.39, 0.29) is 0 Å². The van der Waals surface area contributed by atoms with Crippen molar-refractivity contribution in [3.63, 3.8) is 0 Å². The van der Waals surface area contributed by atoms with Crippen LogP contribution < -0.4 is 5.32 Å². The molecular formula is C14H11BrN2S. The van der Waals surface area contributed by atoms with Gasteiger partial charge in [0, 0.05) is 10.3 Å². The molecule has 2 heterocycles. The first-order valence-corrected chi connectivity index (χ1v) is 7.26. The minimum Gasteiger partial charge on any atom is -0.365 e. The number of nitrogens with zero attached hydrogens (tertiary/aromatic N) is 1. The molecule has 0 aliphatic heterocycles. The van der Waals surface area contributed by atoms with Crippen molar-refractivity contribution in [3.8, 4) is 0 Å². The fourth-order valence-corrected chi connectivity index (χ4v) is 3.21. The van der Waals surface area contributed by atoms with Crippen molar-refractivity contribution in [2.45, 2.75) is 6.54 Å². The average molecular weight is 319 g/mol. The Morgan fingerprint density at radius 2 is 1.94 bits per heavy atom. The molecule has 3 rings (SSSR count). The van der Waals surface area contributed by atoms with E-state index in [4.69, 9.17) is 0 Å². The van der Waals surface area contributed by atoms with Gasteiger partial charge in [-0.05, 0) is 46.3 Å². The minimum absolute atomic E-state index is 0.807. The summed E-state index contributed by atoms with van der Waals surface area (Å²) in [6, 6.07) is 16.4. The smallest absolute Gasteiger partial charge is 0.126 e. The Morgan fingerprint density at radius 3 is 2.78 bits per heavy atom. The molecule has 0 aliphatic rings. The van der Waals surface area contributed by atoms with Gasteiger partial charge in [-0.2, -0.15) is 0 Å². The number of hydrogen-bond donors (Lipinski definition) is 1. The van der Waals surface area contributed by atoms with Gasteiger partial charge in [-0.1, -0.05) is 18.2 Å². The average Bonchev–Trinajstić information content (AvgIpc) is 2.82. The summed E-state index contributed by atoms with van der Waals surface area (Å²) in [5.74, 6) is 0.915. The second-order valence-electron chi connectivity index (χ2n) is 3.95. The van der Waals surface area contributed by atoms with E-state index >= 15 is 0 Å². The zero-order valence-electron chi connectivity index (χ0n) is 9.56. The van der Waals surface area contributed by atoms with Crippen LogP contribution in [-0.4, -0.2) is 4.98 Å². The zero-order valence-corrected chi connectivity index (χ0v) is 12.0. The highest BCUT2D eigenvalue weighted by molar-refractivity contribution is 9.11. The number of rotatable bonds is 3. The number of thiophene rings is 1. The first-order valence-electron chi connectivity index (χ1n) is 5.65. The van der Waals surface area contributed by atoms with Crippen molar-refractivity contribution >= 4 is 44.0 Å². The molecule has 1 N–H and O–H groups in total. The number of pyridine rings is 1. The molecule has 0 spiro atoms. The van der Waals surface area contributed by atoms with Crippen molar-refractivity contribution < 1.29 is 0 Å². The van der Waals surface area contributed by atoms with Crippen molar-refractivity contribution in [3.05, 3.63) is 57.2 Å². The van der Waals surface area contributed by atoms with Crippen LogP contribution in [-0.2, 0) is 6.54 Å². The Kier molecular flexibility index (Phi) is 3.30. The molecule has 2 aromatic heterocycles. The van der Waals surface area contributed by atoms with Crippen molar-refractivity contribution in [1.29, 1.82) is 0 Å². The molecule has 0 atom stereocenters. The van der Waals surface area contributed by atoms with Crippen LogP contribution in [0, 0.1) is 0 Å². The summed E-state index contributed by atoms with van der Waals surface area (Å²) in [6.07, 6.45) is 0. The molecule has 90 valence electrons. The number of hydrogen-bond acceptors (Lipinski definition) is 3. The minimum atomic E-state index is 0.807. The lowest BCUT2D eigenvalue weighted by Gasteiger charge is -2.05. The fraction of sp³-hybridized carbons (Fsp3) is 0.0714. The number of halogens is 1. The summed E-state index contributed by atoms with van der Waals surface area (Å²) >= 11 is 5.20. The Morgan fingerprint density at radius 1 is 1.06 bits per heavy atom. The van der Waals surface area contributed by atoms with Crippen LogP contribution in [0.2, 0.25) is 0 Å². The first kappa shape index (κ1) is 11.7. The van der Waals surface area contributed by atoms with Crippen LogP contribution in [0.1, 0.15) is 4.88 Å². The quantitative estimate of drug-likeness (QED) is 0.759. The predicted octanol–water partition coefficient (Wildman–Crippen LogP) is 4.67. The number of benzene rings is 1. The molecule has 0 radical (unpaired) electrons. The summed E-state index contributed by atoms with van der Waals surface area (Å²) in [7, 11) is 0. The zero-order chi connectivity index (χ0) is 12.4. The van der Waals surface area contributed by atoms with E-state index in [1.165, 1.54) is 10.3 Å². The van der Waals surface area contributed by atoms with Gasteiger partial charge < -0.3 is 5.32 Å². The van der Waals surface area contributed by atoms with Crippen LogP contribution in [0.25, 0.3) is 10.9 Å². The molecule has 2 nitrogen and oxygen atoms in total. The molecule has 0 aliphatic carbocycles. The number of anilines is 1. The van der Waals surface area contributed by atoms with Gasteiger partial charge in [0.2, 0.25) is 0 Å². The third-order valence-electron chi connectivity index (χ3n) is 2.67. The second kappa shape index (κ2) is 5.08. The largest absolute Gasteiger partial charge is 0.365 e. The molecule has 18 heavy (non-hydrogen) atoms. The molecule has 0 fully saturated rings. The van der Waals surface area contributed by atoms with Crippen LogP contribution in [0.4, 0.5) is 5.82 Å². The molecule has 0 unspecified atom stereocenters. The van der Waals surface area contributed by atoms with E-state index < -0.39 is 0 Å². The number of aromatic nitrogens is 1. The molecule has 0 amide bonds. The van der Waals surface area contributed by atoms with E-state index in [1.54, 1.807) is 11.3 Å². The number of para-hydroxylation sites is 1. The molecule has 0 saturated heterocycles. The Hall–Kier alpha value is -1.39. The predicted molar refractivity (Wildman–Crippen MR) is 81.1 cm³/mol. The lowest BCUT2D eigenvalue weighted by atomic mass is 10.2. The van der Waals surface area contributed by atoms with Gasteiger partial charge in [0.1, 0.15) is 5.82 Å². The molecule has 1 aromatic carbocycles.